The minimum absolute atomic E-state index is 1.81. The summed E-state index contributed by atoms with van der Waals surface area (Å²) in [5.74, 6) is -44.9. The van der Waals surface area contributed by atoms with Crippen LogP contribution in [0.1, 0.15) is 0 Å². The van der Waals surface area contributed by atoms with Crippen LogP contribution < -0.4 is 0 Å². The van der Waals surface area contributed by atoms with Crippen molar-refractivity contribution in [3.8, 4) is 0 Å². The summed E-state index contributed by atoms with van der Waals surface area (Å²) in [6.45, 7) is -8.02. The van der Waals surface area contributed by atoms with Crippen LogP contribution in [-0.2, 0) is 9.47 Å². The number of aliphatic hydroxyl groups excluding tert-OH is 2. The third-order valence-electron chi connectivity index (χ3n) is 6.07. The maximum Gasteiger partial charge on any atom is 0.339 e. The van der Waals surface area contributed by atoms with Crippen LogP contribution >= 0.6 is 0 Å². The number of rotatable bonds is 6. The number of hydrogen-bond acceptors (Lipinski definition) is 4. The molecule has 2 N–H and O–H groups in total. The topological polar surface area (TPSA) is 58.9 Å². The average Bonchev–Trinajstić information content (AvgIpc) is 2.63. The first-order chi connectivity index (χ1) is 14.1. The number of hydrogen-bond donors (Lipinski definition) is 2. The maximum absolute atomic E-state index is 15.1. The average molecular weight is 508 g/mol. The fourth-order valence-corrected chi connectivity index (χ4v) is 4.76. The van der Waals surface area contributed by atoms with Crippen LogP contribution in [0.4, 0.5) is 61.5 Å². The summed E-state index contributed by atoms with van der Waals surface area (Å²) in [6.07, 6.45) is 0. The van der Waals surface area contributed by atoms with Gasteiger partial charge < -0.3 is 19.7 Å². The highest BCUT2D eigenvalue weighted by atomic mass is 19.3. The standard InChI is InChI=1S/C14H10F14O4/c15-5-9(17,18)6(16)11(21,22)7(10(5,19)20,31-3-1-29)14(27,28)8(12(5,23)24,13(6,25)26)32-4-2-30/h29-30H,1-4H2. The van der Waals surface area contributed by atoms with E-state index in [1.807, 2.05) is 0 Å². The van der Waals surface area contributed by atoms with E-state index in [0.717, 1.165) is 0 Å². The molecular weight excluding hydrogens is 498 g/mol. The smallest absolute Gasteiger partial charge is 0.339 e. The van der Waals surface area contributed by atoms with Gasteiger partial charge in [-0.15, -0.1) is 0 Å². The highest BCUT2D eigenvalue weighted by molar-refractivity contribution is 5.54. The molecule has 0 spiro atoms. The SMILES string of the molecule is OCCOC12C(F)(F)C3(F)C(F)(F)C(F)(C1(F)F)C(F)(F)C(OCCO)(C3(F)F)C2(F)F. The Balaban J connectivity index is 2.66. The minimum Gasteiger partial charge on any atom is -0.394 e. The molecule has 4 saturated carbocycles. The highest BCUT2D eigenvalue weighted by Gasteiger charge is 3.23. The first-order valence-corrected chi connectivity index (χ1v) is 8.26. The lowest BCUT2D eigenvalue weighted by atomic mass is 9.39. The van der Waals surface area contributed by atoms with Crippen LogP contribution in [0.15, 0.2) is 0 Å². The lowest BCUT2D eigenvalue weighted by molar-refractivity contribution is -0.629. The Morgan fingerprint density at radius 1 is 0.406 bits per heavy atom. The van der Waals surface area contributed by atoms with Crippen molar-refractivity contribution in [1.82, 2.24) is 0 Å². The van der Waals surface area contributed by atoms with Crippen LogP contribution in [0.5, 0.6) is 0 Å². The summed E-state index contributed by atoms with van der Waals surface area (Å²) < 4.78 is 214. The van der Waals surface area contributed by atoms with E-state index in [-0.39, 0.29) is 0 Å². The van der Waals surface area contributed by atoms with E-state index in [1.54, 1.807) is 0 Å². The normalized spacial score (nSPS) is 45.8. The monoisotopic (exact) mass is 508 g/mol. The molecule has 4 bridgehead atoms. The van der Waals surface area contributed by atoms with E-state index in [9.17, 15) is 43.9 Å². The summed E-state index contributed by atoms with van der Waals surface area (Å²) in [6, 6.07) is 0. The summed E-state index contributed by atoms with van der Waals surface area (Å²) >= 11 is 0. The second-order valence-corrected chi connectivity index (χ2v) is 7.27. The van der Waals surface area contributed by atoms with Gasteiger partial charge in [-0.2, -0.15) is 52.7 Å². The van der Waals surface area contributed by atoms with E-state index < -0.39 is 84.5 Å². The molecule has 18 heteroatoms. The molecule has 0 saturated heterocycles. The van der Waals surface area contributed by atoms with Crippen LogP contribution in [0.2, 0.25) is 0 Å². The fraction of sp³-hybridized carbons (Fsp3) is 1.00. The second-order valence-electron chi connectivity index (χ2n) is 7.27. The predicted molar refractivity (Wildman–Crippen MR) is 68.9 cm³/mol. The first kappa shape index (κ1) is 25.5. The Bertz CT molecular complexity index is 717. The fourth-order valence-electron chi connectivity index (χ4n) is 4.76. The molecule has 0 unspecified atom stereocenters. The molecular formula is C14H10F14O4. The molecule has 0 radical (unpaired) electrons. The Kier molecular flexibility index (Phi) is 4.71. The van der Waals surface area contributed by atoms with Crippen molar-refractivity contribution in [3.05, 3.63) is 0 Å². The Morgan fingerprint density at radius 2 is 0.656 bits per heavy atom. The van der Waals surface area contributed by atoms with Gasteiger partial charge in [-0.3, -0.25) is 0 Å². The van der Waals surface area contributed by atoms with Gasteiger partial charge in [-0.25, -0.2) is 8.78 Å². The number of alkyl halides is 14. The summed E-state index contributed by atoms with van der Waals surface area (Å²) in [5.41, 5.74) is -28.5. The van der Waals surface area contributed by atoms with Crippen molar-refractivity contribution in [2.24, 2.45) is 0 Å². The Morgan fingerprint density at radius 3 is 0.875 bits per heavy atom. The van der Waals surface area contributed by atoms with E-state index in [0.29, 0.717) is 0 Å². The van der Waals surface area contributed by atoms with Gasteiger partial charge in [-0.1, -0.05) is 0 Å². The van der Waals surface area contributed by atoms with Gasteiger partial charge in [0, 0.05) is 0 Å². The van der Waals surface area contributed by atoms with Crippen LogP contribution in [-0.4, -0.2) is 94.7 Å². The molecule has 4 aliphatic carbocycles. The van der Waals surface area contributed by atoms with Crippen molar-refractivity contribution >= 4 is 0 Å². The van der Waals surface area contributed by atoms with Crippen molar-refractivity contribution in [1.29, 1.82) is 0 Å². The largest absolute Gasteiger partial charge is 0.394 e. The van der Waals surface area contributed by atoms with E-state index in [2.05, 4.69) is 9.47 Å². The van der Waals surface area contributed by atoms with Gasteiger partial charge in [0.25, 0.3) is 11.2 Å². The van der Waals surface area contributed by atoms with Gasteiger partial charge >= 0.3 is 46.9 Å². The molecule has 0 heterocycles. The van der Waals surface area contributed by atoms with Gasteiger partial charge in [0.15, 0.2) is 0 Å². The molecule has 0 aliphatic heterocycles. The van der Waals surface area contributed by atoms with Crippen molar-refractivity contribution in [2.45, 2.75) is 58.1 Å². The second kappa shape index (κ2) is 5.91. The molecule has 0 aromatic carbocycles. The van der Waals surface area contributed by atoms with Gasteiger partial charge in [0.05, 0.1) is 26.4 Å². The first-order valence-electron chi connectivity index (χ1n) is 8.26. The zero-order valence-electron chi connectivity index (χ0n) is 14.8. The molecule has 0 amide bonds. The third kappa shape index (κ3) is 1.64. The van der Waals surface area contributed by atoms with Crippen molar-refractivity contribution in [2.75, 3.05) is 26.4 Å². The molecule has 188 valence electrons. The number of halogens is 14. The predicted octanol–water partition coefficient (Wildman–Crippen LogP) is 2.75. The van der Waals surface area contributed by atoms with E-state index in [4.69, 9.17) is 10.2 Å². The molecule has 0 atom stereocenters. The molecule has 0 aromatic rings. The third-order valence-corrected chi connectivity index (χ3v) is 6.07. The summed E-state index contributed by atoms with van der Waals surface area (Å²) in [4.78, 5) is 0. The van der Waals surface area contributed by atoms with Gasteiger partial charge in [0.2, 0.25) is 0 Å². The molecule has 4 nitrogen and oxygen atoms in total. The van der Waals surface area contributed by atoms with Crippen LogP contribution in [0.25, 0.3) is 0 Å². The van der Waals surface area contributed by atoms with Gasteiger partial charge in [-0.05, 0) is 0 Å². The minimum atomic E-state index is -7.73. The van der Waals surface area contributed by atoms with Crippen molar-refractivity contribution < 1.29 is 81.2 Å². The highest BCUT2D eigenvalue weighted by Crippen LogP contribution is 2.88. The summed E-state index contributed by atoms with van der Waals surface area (Å²) in [5, 5.41) is 17.1. The Labute approximate surface area is 167 Å². The van der Waals surface area contributed by atoms with Crippen molar-refractivity contribution in [3.63, 3.8) is 0 Å². The van der Waals surface area contributed by atoms with E-state index >= 15 is 17.6 Å². The number of ether oxygens (including phenoxy) is 2. The lowest BCUT2D eigenvalue weighted by Crippen LogP contribution is -3.11. The number of aliphatic hydroxyl groups is 2. The molecule has 4 rings (SSSR count). The lowest BCUT2D eigenvalue weighted by Gasteiger charge is -2.76. The van der Waals surface area contributed by atoms with E-state index in [1.165, 1.54) is 0 Å². The van der Waals surface area contributed by atoms with Gasteiger partial charge in [0.1, 0.15) is 0 Å². The maximum atomic E-state index is 15.1. The molecule has 4 aliphatic rings. The Hall–Kier alpha value is -1.14. The van der Waals surface area contributed by atoms with Crippen LogP contribution in [0, 0.1) is 0 Å². The zero-order chi connectivity index (χ0) is 25.2. The molecule has 0 aromatic heterocycles. The van der Waals surface area contributed by atoms with Crippen LogP contribution in [0.3, 0.4) is 0 Å². The zero-order valence-corrected chi connectivity index (χ0v) is 14.8. The molecule has 4 fully saturated rings. The quantitative estimate of drug-likeness (QED) is 0.543. The molecule has 32 heavy (non-hydrogen) atoms. The summed E-state index contributed by atoms with van der Waals surface area (Å²) in [7, 11) is 0.